The van der Waals surface area contributed by atoms with Crippen LogP contribution in [0, 0.1) is 0 Å². The lowest BCUT2D eigenvalue weighted by atomic mass is 9.91. The molecule has 17 heavy (non-hydrogen) atoms. The molecule has 0 aromatic carbocycles. The maximum absolute atomic E-state index is 6.17. The average molecular weight is 232 g/mol. The van der Waals surface area contributed by atoms with E-state index in [1.165, 1.54) is 36.9 Å². The number of fused-ring (bicyclic) bond motifs is 1. The van der Waals surface area contributed by atoms with Crippen molar-refractivity contribution in [1.29, 1.82) is 0 Å². The van der Waals surface area contributed by atoms with Crippen molar-refractivity contribution in [2.45, 2.75) is 57.0 Å². The van der Waals surface area contributed by atoms with E-state index < -0.39 is 0 Å². The monoisotopic (exact) mass is 232 g/mol. The number of hydrogen-bond donors (Lipinski definition) is 2. The third kappa shape index (κ3) is 2.14. The maximum atomic E-state index is 6.17. The van der Waals surface area contributed by atoms with Crippen LogP contribution >= 0.6 is 0 Å². The zero-order valence-electron chi connectivity index (χ0n) is 10.2. The number of aryl methyl sites for hydroxylation is 1. The van der Waals surface area contributed by atoms with Crippen LogP contribution < -0.4 is 11.1 Å². The molecule has 2 unspecified atom stereocenters. The van der Waals surface area contributed by atoms with Crippen molar-refractivity contribution in [1.82, 2.24) is 9.97 Å². The number of nitrogens with zero attached hydrogens (tertiary/aromatic N) is 2. The molecule has 0 spiro atoms. The molecule has 2 aliphatic carbocycles. The Morgan fingerprint density at radius 3 is 2.88 bits per heavy atom. The number of hydrogen-bond acceptors (Lipinski definition) is 4. The van der Waals surface area contributed by atoms with Crippen LogP contribution in [0.2, 0.25) is 0 Å². The zero-order valence-corrected chi connectivity index (χ0v) is 10.2. The summed E-state index contributed by atoms with van der Waals surface area (Å²) in [6.45, 7) is 0. The minimum atomic E-state index is 0.274. The Labute approximate surface area is 102 Å². The van der Waals surface area contributed by atoms with E-state index in [-0.39, 0.29) is 6.04 Å². The molecule has 2 aliphatic rings. The quantitative estimate of drug-likeness (QED) is 0.813. The summed E-state index contributed by atoms with van der Waals surface area (Å²) in [5.41, 5.74) is 8.72. The van der Waals surface area contributed by atoms with E-state index in [1.807, 2.05) is 0 Å². The molecular formula is C13H20N4. The predicted molar refractivity (Wildman–Crippen MR) is 67.9 cm³/mol. The molecule has 3 N–H and O–H groups in total. The Morgan fingerprint density at radius 2 is 2.00 bits per heavy atom. The predicted octanol–water partition coefficient (Wildman–Crippen LogP) is 1.65. The van der Waals surface area contributed by atoms with Gasteiger partial charge in [0, 0.05) is 23.3 Å². The second kappa shape index (κ2) is 4.61. The lowest BCUT2D eigenvalue weighted by Crippen LogP contribution is -2.43. The van der Waals surface area contributed by atoms with Crippen molar-refractivity contribution < 1.29 is 0 Å². The molecule has 1 aromatic heterocycles. The third-order valence-corrected chi connectivity index (χ3v) is 4.02. The minimum absolute atomic E-state index is 0.274. The van der Waals surface area contributed by atoms with Gasteiger partial charge in [-0.2, -0.15) is 0 Å². The fourth-order valence-corrected chi connectivity index (χ4v) is 3.00. The van der Waals surface area contributed by atoms with Gasteiger partial charge in [0.1, 0.15) is 12.1 Å². The van der Waals surface area contributed by atoms with Gasteiger partial charge in [0.2, 0.25) is 0 Å². The van der Waals surface area contributed by atoms with Gasteiger partial charge in [-0.25, -0.2) is 9.97 Å². The molecule has 0 aliphatic heterocycles. The van der Waals surface area contributed by atoms with E-state index in [4.69, 9.17) is 5.73 Å². The van der Waals surface area contributed by atoms with Gasteiger partial charge < -0.3 is 11.1 Å². The van der Waals surface area contributed by atoms with E-state index in [0.29, 0.717) is 6.04 Å². The standard InChI is InChI=1S/C13H20N4/c14-10-5-1-2-6-12(10)17-13-9-4-3-7-11(9)15-8-16-13/h8,10,12H,1-7,14H2,(H,15,16,17). The van der Waals surface area contributed by atoms with Crippen molar-refractivity contribution in [2.75, 3.05) is 5.32 Å². The van der Waals surface area contributed by atoms with E-state index in [0.717, 1.165) is 25.1 Å². The maximum Gasteiger partial charge on any atom is 0.133 e. The van der Waals surface area contributed by atoms with Gasteiger partial charge in [0.15, 0.2) is 0 Å². The molecule has 4 nitrogen and oxygen atoms in total. The van der Waals surface area contributed by atoms with Crippen LogP contribution in [-0.4, -0.2) is 22.1 Å². The first kappa shape index (κ1) is 11.0. The number of anilines is 1. The van der Waals surface area contributed by atoms with Crippen LogP contribution in [0.15, 0.2) is 6.33 Å². The first-order valence-electron chi connectivity index (χ1n) is 6.69. The summed E-state index contributed by atoms with van der Waals surface area (Å²) in [6.07, 6.45) is 9.94. The third-order valence-electron chi connectivity index (χ3n) is 4.02. The number of aromatic nitrogens is 2. The van der Waals surface area contributed by atoms with Gasteiger partial charge in [-0.1, -0.05) is 12.8 Å². The molecule has 1 aromatic rings. The summed E-state index contributed by atoms with van der Waals surface area (Å²) in [7, 11) is 0. The van der Waals surface area contributed by atoms with Gasteiger partial charge in [-0.3, -0.25) is 0 Å². The fourth-order valence-electron chi connectivity index (χ4n) is 3.00. The molecule has 92 valence electrons. The van der Waals surface area contributed by atoms with Gasteiger partial charge in [0.25, 0.3) is 0 Å². The normalized spacial score (nSPS) is 27.8. The highest BCUT2D eigenvalue weighted by Gasteiger charge is 2.24. The van der Waals surface area contributed by atoms with Gasteiger partial charge in [-0.15, -0.1) is 0 Å². The van der Waals surface area contributed by atoms with Crippen molar-refractivity contribution in [3.8, 4) is 0 Å². The second-order valence-electron chi connectivity index (χ2n) is 5.20. The molecule has 0 radical (unpaired) electrons. The van der Waals surface area contributed by atoms with Crippen molar-refractivity contribution in [3.63, 3.8) is 0 Å². The number of rotatable bonds is 2. The van der Waals surface area contributed by atoms with Crippen molar-refractivity contribution >= 4 is 5.82 Å². The Morgan fingerprint density at radius 1 is 1.12 bits per heavy atom. The first-order chi connectivity index (χ1) is 8.34. The largest absolute Gasteiger partial charge is 0.365 e. The van der Waals surface area contributed by atoms with Gasteiger partial charge >= 0.3 is 0 Å². The summed E-state index contributed by atoms with van der Waals surface area (Å²) in [5.74, 6) is 1.04. The van der Waals surface area contributed by atoms with Crippen LogP contribution in [-0.2, 0) is 12.8 Å². The lowest BCUT2D eigenvalue weighted by molar-refractivity contribution is 0.403. The number of nitrogens with two attached hydrogens (primary N) is 1. The van der Waals surface area contributed by atoms with Crippen LogP contribution in [0.4, 0.5) is 5.82 Å². The lowest BCUT2D eigenvalue weighted by Gasteiger charge is -2.30. The van der Waals surface area contributed by atoms with E-state index in [2.05, 4.69) is 15.3 Å². The second-order valence-corrected chi connectivity index (χ2v) is 5.20. The van der Waals surface area contributed by atoms with Crippen LogP contribution in [0.25, 0.3) is 0 Å². The molecular weight excluding hydrogens is 212 g/mol. The number of nitrogens with one attached hydrogen (secondary N) is 1. The zero-order chi connectivity index (χ0) is 11.7. The highest BCUT2D eigenvalue weighted by atomic mass is 15.1. The minimum Gasteiger partial charge on any atom is -0.365 e. The Balaban J connectivity index is 1.78. The van der Waals surface area contributed by atoms with Gasteiger partial charge in [-0.05, 0) is 32.1 Å². The molecule has 2 atom stereocenters. The molecule has 0 amide bonds. The van der Waals surface area contributed by atoms with Crippen molar-refractivity contribution in [3.05, 3.63) is 17.6 Å². The molecule has 0 bridgehead atoms. The Bertz CT molecular complexity index is 404. The van der Waals surface area contributed by atoms with Crippen LogP contribution in [0.1, 0.15) is 43.4 Å². The average Bonchev–Trinajstić information content (AvgIpc) is 2.81. The summed E-state index contributed by atoms with van der Waals surface area (Å²) >= 11 is 0. The highest BCUT2D eigenvalue weighted by Crippen LogP contribution is 2.27. The Hall–Kier alpha value is -1.16. The first-order valence-corrected chi connectivity index (χ1v) is 6.69. The molecule has 1 fully saturated rings. The van der Waals surface area contributed by atoms with E-state index in [1.54, 1.807) is 6.33 Å². The molecule has 0 saturated heterocycles. The van der Waals surface area contributed by atoms with Crippen molar-refractivity contribution in [2.24, 2.45) is 5.73 Å². The summed E-state index contributed by atoms with van der Waals surface area (Å²) in [4.78, 5) is 8.75. The van der Waals surface area contributed by atoms with Crippen LogP contribution in [0.3, 0.4) is 0 Å². The van der Waals surface area contributed by atoms with E-state index >= 15 is 0 Å². The topological polar surface area (TPSA) is 63.8 Å². The SMILES string of the molecule is NC1CCCCC1Nc1ncnc2c1CCC2. The highest BCUT2D eigenvalue weighted by molar-refractivity contribution is 5.48. The summed E-state index contributed by atoms with van der Waals surface area (Å²) in [5, 5.41) is 3.55. The van der Waals surface area contributed by atoms with Gasteiger partial charge in [0.05, 0.1) is 0 Å². The van der Waals surface area contributed by atoms with E-state index in [9.17, 15) is 0 Å². The fraction of sp³-hybridized carbons (Fsp3) is 0.692. The Kier molecular flexibility index (Phi) is 2.97. The molecule has 4 heteroatoms. The molecule has 1 heterocycles. The summed E-state index contributed by atoms with van der Waals surface area (Å²) in [6, 6.07) is 0.666. The smallest absolute Gasteiger partial charge is 0.133 e. The molecule has 1 saturated carbocycles. The summed E-state index contributed by atoms with van der Waals surface area (Å²) < 4.78 is 0. The van der Waals surface area contributed by atoms with Crippen LogP contribution in [0.5, 0.6) is 0 Å². The molecule has 3 rings (SSSR count).